The Kier molecular flexibility index (Phi) is 8.91. The number of aliphatic hydroxyl groups is 1. The van der Waals surface area contributed by atoms with Crippen molar-refractivity contribution in [3.63, 3.8) is 0 Å². The zero-order valence-electron chi connectivity index (χ0n) is 21.7. The molecule has 1 aliphatic heterocycles. The van der Waals surface area contributed by atoms with E-state index in [1.807, 2.05) is 12.1 Å². The molecule has 0 radical (unpaired) electrons. The summed E-state index contributed by atoms with van der Waals surface area (Å²) in [6, 6.07) is 5.50. The van der Waals surface area contributed by atoms with Gasteiger partial charge in [0.05, 0.1) is 35.9 Å². The van der Waals surface area contributed by atoms with Gasteiger partial charge in [0.1, 0.15) is 5.69 Å². The van der Waals surface area contributed by atoms with Crippen molar-refractivity contribution in [1.82, 2.24) is 20.6 Å². The molecule has 2 fully saturated rings. The molecule has 1 saturated heterocycles. The molecule has 4 rings (SSSR count). The van der Waals surface area contributed by atoms with E-state index in [0.29, 0.717) is 49.6 Å². The van der Waals surface area contributed by atoms with Gasteiger partial charge in [-0.1, -0.05) is 11.6 Å². The van der Waals surface area contributed by atoms with E-state index in [0.717, 1.165) is 18.8 Å². The number of aromatic amines is 1. The maximum atomic E-state index is 13.0. The molecule has 5 N–H and O–H groups in total. The van der Waals surface area contributed by atoms with Crippen LogP contribution >= 0.6 is 11.6 Å². The Labute approximate surface area is 226 Å². The van der Waals surface area contributed by atoms with Crippen LogP contribution in [0.4, 0.5) is 11.4 Å². The Morgan fingerprint density at radius 3 is 2.55 bits per heavy atom. The second-order valence-electron chi connectivity index (χ2n) is 10.4. The molecule has 1 saturated carbocycles. The fourth-order valence-corrected chi connectivity index (χ4v) is 4.81. The Balaban J connectivity index is 1.28. The standard InChI is InChI=1S/C26H35ClN6O5/c1-26(2,37)14-28-24(35)21-22(30-15-29-21)25(36)31-17-5-3-16(4-6-17)23(34)32-20-13-18(7-8-19(20)27)33-9-11-38-12-10-33/h7-8,13,15-17,37H,3-6,9-12,14H2,1-2H3,(H,28,35)(H,29,30)(H,31,36)(H,32,34). The highest BCUT2D eigenvalue weighted by Crippen LogP contribution is 2.31. The molecule has 2 aliphatic rings. The average Bonchev–Trinajstić information content (AvgIpc) is 3.39. The summed E-state index contributed by atoms with van der Waals surface area (Å²) in [4.78, 5) is 47.2. The predicted molar refractivity (Wildman–Crippen MR) is 144 cm³/mol. The van der Waals surface area contributed by atoms with E-state index in [4.69, 9.17) is 16.3 Å². The number of nitrogens with zero attached hydrogens (tertiary/aromatic N) is 2. The number of hydrogen-bond acceptors (Lipinski definition) is 7. The Bertz CT molecular complexity index is 1150. The number of morpholine rings is 1. The quantitative estimate of drug-likeness (QED) is 0.341. The predicted octanol–water partition coefficient (Wildman–Crippen LogP) is 2.33. The number of carbonyl (C=O) groups is 3. The van der Waals surface area contributed by atoms with Crippen LogP contribution in [0.2, 0.25) is 5.02 Å². The third-order valence-corrected chi connectivity index (χ3v) is 7.11. The highest BCUT2D eigenvalue weighted by atomic mass is 35.5. The summed E-state index contributed by atoms with van der Waals surface area (Å²) >= 11 is 6.37. The molecule has 0 bridgehead atoms. The summed E-state index contributed by atoms with van der Waals surface area (Å²) in [7, 11) is 0. The normalized spacial score (nSPS) is 20.1. The fourth-order valence-electron chi connectivity index (χ4n) is 4.64. The molecule has 38 heavy (non-hydrogen) atoms. The molecular formula is C26H35ClN6O5. The van der Waals surface area contributed by atoms with Gasteiger partial charge in [-0.15, -0.1) is 0 Å². The Hall–Kier alpha value is -3.15. The lowest BCUT2D eigenvalue weighted by atomic mass is 9.85. The molecule has 0 atom stereocenters. The maximum absolute atomic E-state index is 13.0. The lowest BCUT2D eigenvalue weighted by Gasteiger charge is -2.30. The summed E-state index contributed by atoms with van der Waals surface area (Å²) in [5, 5.41) is 18.8. The van der Waals surface area contributed by atoms with Crippen molar-refractivity contribution < 1.29 is 24.2 Å². The molecule has 2 aromatic rings. The van der Waals surface area contributed by atoms with Crippen LogP contribution < -0.4 is 20.9 Å². The van der Waals surface area contributed by atoms with Crippen LogP contribution in [0, 0.1) is 5.92 Å². The van der Waals surface area contributed by atoms with Crippen LogP contribution in [-0.2, 0) is 9.53 Å². The highest BCUT2D eigenvalue weighted by molar-refractivity contribution is 6.33. The van der Waals surface area contributed by atoms with Crippen LogP contribution in [0.1, 0.15) is 60.5 Å². The first-order chi connectivity index (χ1) is 18.1. The molecule has 0 unspecified atom stereocenters. The second kappa shape index (κ2) is 12.1. The number of rotatable bonds is 8. The number of hydrogen-bond donors (Lipinski definition) is 5. The number of anilines is 2. The second-order valence-corrected chi connectivity index (χ2v) is 10.8. The first-order valence-electron chi connectivity index (χ1n) is 12.9. The van der Waals surface area contributed by atoms with Crippen LogP contribution in [0.25, 0.3) is 0 Å². The number of amides is 3. The first kappa shape index (κ1) is 27.9. The number of H-pyrrole nitrogens is 1. The van der Waals surface area contributed by atoms with Crippen LogP contribution in [0.3, 0.4) is 0 Å². The maximum Gasteiger partial charge on any atom is 0.272 e. The van der Waals surface area contributed by atoms with E-state index >= 15 is 0 Å². The number of aromatic nitrogens is 2. The van der Waals surface area contributed by atoms with Gasteiger partial charge in [-0.25, -0.2) is 4.98 Å². The van der Waals surface area contributed by atoms with Crippen molar-refractivity contribution in [2.45, 2.75) is 51.2 Å². The smallest absolute Gasteiger partial charge is 0.272 e. The highest BCUT2D eigenvalue weighted by Gasteiger charge is 2.29. The van der Waals surface area contributed by atoms with E-state index in [9.17, 15) is 19.5 Å². The molecule has 11 nitrogen and oxygen atoms in total. The van der Waals surface area contributed by atoms with Gasteiger partial charge >= 0.3 is 0 Å². The first-order valence-corrected chi connectivity index (χ1v) is 13.3. The van der Waals surface area contributed by atoms with Gasteiger partial charge in [0.15, 0.2) is 5.69 Å². The largest absolute Gasteiger partial charge is 0.389 e. The lowest BCUT2D eigenvalue weighted by Crippen LogP contribution is -2.41. The van der Waals surface area contributed by atoms with Crippen LogP contribution in [0.5, 0.6) is 0 Å². The number of halogens is 1. The molecule has 1 aromatic carbocycles. The van der Waals surface area contributed by atoms with Gasteiger partial charge < -0.3 is 35.7 Å². The minimum atomic E-state index is -1.08. The minimum Gasteiger partial charge on any atom is -0.389 e. The number of ether oxygens (including phenoxy) is 1. The molecule has 206 valence electrons. The summed E-state index contributed by atoms with van der Waals surface area (Å²) in [6.07, 6.45) is 3.74. The summed E-state index contributed by atoms with van der Waals surface area (Å²) in [6.45, 7) is 6.08. The Morgan fingerprint density at radius 1 is 1.16 bits per heavy atom. The number of carbonyl (C=O) groups excluding carboxylic acids is 3. The fraction of sp³-hybridized carbons (Fsp3) is 0.538. The molecule has 0 spiro atoms. The zero-order chi connectivity index (χ0) is 27.3. The van der Waals surface area contributed by atoms with E-state index in [1.54, 1.807) is 19.9 Å². The summed E-state index contributed by atoms with van der Waals surface area (Å²) in [5.41, 5.74) is 0.528. The third-order valence-electron chi connectivity index (χ3n) is 6.78. The zero-order valence-corrected chi connectivity index (χ0v) is 22.4. The van der Waals surface area contributed by atoms with E-state index < -0.39 is 17.4 Å². The van der Waals surface area contributed by atoms with Crippen LogP contribution in [-0.4, -0.2) is 77.3 Å². The van der Waals surface area contributed by atoms with Gasteiger partial charge in [-0.05, 0) is 57.7 Å². The topological polar surface area (TPSA) is 149 Å². The molecule has 1 aliphatic carbocycles. The van der Waals surface area contributed by atoms with E-state index in [-0.39, 0.29) is 35.8 Å². The van der Waals surface area contributed by atoms with E-state index in [2.05, 4.69) is 30.8 Å². The van der Waals surface area contributed by atoms with Crippen molar-refractivity contribution in [1.29, 1.82) is 0 Å². The van der Waals surface area contributed by atoms with Gasteiger partial charge in [0.2, 0.25) is 5.91 Å². The summed E-state index contributed by atoms with van der Waals surface area (Å²) < 4.78 is 5.41. The molecule has 1 aromatic heterocycles. The monoisotopic (exact) mass is 546 g/mol. The average molecular weight is 547 g/mol. The SMILES string of the molecule is CC(C)(O)CNC(=O)c1[nH]cnc1C(=O)NC1CCC(C(=O)Nc2cc(N3CCOCC3)ccc2Cl)CC1. The van der Waals surface area contributed by atoms with Crippen molar-refractivity contribution >= 4 is 40.7 Å². The molecule has 3 amide bonds. The molecule has 2 heterocycles. The minimum absolute atomic E-state index is 0.00657. The van der Waals surface area contributed by atoms with Gasteiger partial charge in [-0.2, -0.15) is 0 Å². The van der Waals surface area contributed by atoms with Crippen molar-refractivity contribution in [2.24, 2.45) is 5.92 Å². The summed E-state index contributed by atoms with van der Waals surface area (Å²) in [5.74, 6) is -1.26. The number of benzene rings is 1. The lowest BCUT2D eigenvalue weighted by molar-refractivity contribution is -0.120. The van der Waals surface area contributed by atoms with Crippen LogP contribution in [0.15, 0.2) is 24.5 Å². The Morgan fingerprint density at radius 2 is 1.87 bits per heavy atom. The molecular weight excluding hydrogens is 512 g/mol. The molecule has 12 heteroatoms. The van der Waals surface area contributed by atoms with E-state index in [1.165, 1.54) is 6.33 Å². The van der Waals surface area contributed by atoms with Crippen molar-refractivity contribution in [2.75, 3.05) is 43.1 Å². The van der Waals surface area contributed by atoms with Gasteiger partial charge in [-0.3, -0.25) is 14.4 Å². The van der Waals surface area contributed by atoms with Gasteiger partial charge in [0.25, 0.3) is 11.8 Å². The van der Waals surface area contributed by atoms with Gasteiger partial charge in [0, 0.05) is 37.3 Å². The van der Waals surface area contributed by atoms with Crippen molar-refractivity contribution in [3.8, 4) is 0 Å². The number of imidazole rings is 1. The van der Waals surface area contributed by atoms with Crippen molar-refractivity contribution in [3.05, 3.63) is 40.9 Å². The number of nitrogens with one attached hydrogen (secondary N) is 4. The third kappa shape index (κ3) is 7.24.